The lowest BCUT2D eigenvalue weighted by Crippen LogP contribution is -2.38. The molecule has 0 radical (unpaired) electrons. The molecule has 0 atom stereocenters. The number of alkyl halides is 3. The summed E-state index contributed by atoms with van der Waals surface area (Å²) in [5, 5.41) is 7.07. The van der Waals surface area contributed by atoms with Crippen LogP contribution in [-0.4, -0.2) is 44.5 Å². The van der Waals surface area contributed by atoms with Crippen LogP contribution in [0.1, 0.15) is 24.0 Å². The van der Waals surface area contributed by atoms with E-state index in [1.807, 2.05) is 6.92 Å². The molecule has 0 fully saturated rings. The normalized spacial score (nSPS) is 12.6. The van der Waals surface area contributed by atoms with Crippen molar-refractivity contribution in [1.29, 1.82) is 0 Å². The quantitative estimate of drug-likeness (QED) is 0.260. The number of guanidine groups is 1. The van der Waals surface area contributed by atoms with Gasteiger partial charge in [0.25, 0.3) is 0 Å². The summed E-state index contributed by atoms with van der Waals surface area (Å²) in [4.78, 5) is 7.63. The molecule has 2 N–H and O–H groups in total. The van der Waals surface area contributed by atoms with E-state index in [0.717, 1.165) is 23.0 Å². The summed E-state index contributed by atoms with van der Waals surface area (Å²) in [6.45, 7) is 2.83. The van der Waals surface area contributed by atoms with Crippen molar-refractivity contribution in [1.82, 2.24) is 15.6 Å². The number of hydrogen-bond donors (Lipinski definition) is 2. The van der Waals surface area contributed by atoms with E-state index in [4.69, 9.17) is 0 Å². The van der Waals surface area contributed by atoms with Gasteiger partial charge in [-0.05, 0) is 13.3 Å². The van der Waals surface area contributed by atoms with Crippen LogP contribution in [0.25, 0.3) is 0 Å². The highest BCUT2D eigenvalue weighted by Crippen LogP contribution is 2.30. The number of aliphatic imine (C=N–C) groups is 1. The van der Waals surface area contributed by atoms with Crippen LogP contribution in [0.15, 0.2) is 10.4 Å². The Kier molecular flexibility index (Phi) is 10.1. The van der Waals surface area contributed by atoms with Crippen molar-refractivity contribution < 1.29 is 21.6 Å². The molecule has 0 unspecified atom stereocenters. The number of thiazole rings is 1. The zero-order valence-corrected chi connectivity index (χ0v) is 17.1. The summed E-state index contributed by atoms with van der Waals surface area (Å²) in [6.07, 6.45) is -2.88. The lowest BCUT2D eigenvalue weighted by Gasteiger charge is -2.10. The summed E-state index contributed by atoms with van der Waals surface area (Å²) < 4.78 is 59.4. The Morgan fingerprint density at radius 1 is 1.38 bits per heavy atom. The summed E-state index contributed by atoms with van der Waals surface area (Å²) >= 11 is 0.895. The van der Waals surface area contributed by atoms with Gasteiger partial charge in [0.05, 0.1) is 12.3 Å². The number of aromatic nitrogens is 1. The largest absolute Gasteiger partial charge is 0.434 e. The Bertz CT molecular complexity index is 632. The molecular formula is C12H20F3IN4O2S2. The number of nitrogens with one attached hydrogen (secondary N) is 2. The Morgan fingerprint density at radius 2 is 2.04 bits per heavy atom. The lowest BCUT2D eigenvalue weighted by atomic mass is 10.5. The highest BCUT2D eigenvalue weighted by Gasteiger charge is 2.33. The van der Waals surface area contributed by atoms with Gasteiger partial charge in [-0.3, -0.25) is 0 Å². The van der Waals surface area contributed by atoms with Gasteiger partial charge in [0.1, 0.15) is 14.8 Å². The Hall–Kier alpha value is -0.630. The van der Waals surface area contributed by atoms with E-state index in [1.165, 1.54) is 0 Å². The molecule has 0 saturated carbocycles. The Balaban J connectivity index is 0.00000529. The molecule has 1 rings (SSSR count). The molecule has 12 heteroatoms. The van der Waals surface area contributed by atoms with Crippen LogP contribution in [0, 0.1) is 0 Å². The fraction of sp³-hybridized carbons (Fsp3) is 0.667. The molecule has 1 aromatic heterocycles. The zero-order valence-electron chi connectivity index (χ0n) is 13.2. The van der Waals surface area contributed by atoms with Crippen LogP contribution in [-0.2, 0) is 22.6 Å². The van der Waals surface area contributed by atoms with Gasteiger partial charge in [0, 0.05) is 24.7 Å². The molecule has 1 aromatic rings. The molecule has 0 amide bonds. The highest BCUT2D eigenvalue weighted by molar-refractivity contribution is 14.0. The van der Waals surface area contributed by atoms with Gasteiger partial charge < -0.3 is 10.6 Å². The van der Waals surface area contributed by atoms with Crippen molar-refractivity contribution in [2.24, 2.45) is 4.99 Å². The molecule has 0 aliphatic carbocycles. The van der Waals surface area contributed by atoms with Crippen molar-refractivity contribution in [2.75, 3.05) is 25.1 Å². The van der Waals surface area contributed by atoms with E-state index in [0.29, 0.717) is 25.5 Å². The summed E-state index contributed by atoms with van der Waals surface area (Å²) in [5.41, 5.74) is -0.918. The molecule has 140 valence electrons. The molecule has 0 aliphatic rings. The third kappa shape index (κ3) is 9.61. The molecule has 1 heterocycles. The first-order valence-electron chi connectivity index (χ1n) is 6.83. The highest BCUT2D eigenvalue weighted by atomic mass is 127. The third-order valence-corrected chi connectivity index (χ3v) is 4.41. The van der Waals surface area contributed by atoms with Gasteiger partial charge in [0.15, 0.2) is 11.7 Å². The minimum atomic E-state index is -4.45. The van der Waals surface area contributed by atoms with E-state index in [9.17, 15) is 21.6 Å². The summed E-state index contributed by atoms with van der Waals surface area (Å²) in [5.74, 6) is 0.464. The summed E-state index contributed by atoms with van der Waals surface area (Å²) in [7, 11) is -3.02. The number of sulfone groups is 1. The average molecular weight is 500 g/mol. The average Bonchev–Trinajstić information content (AvgIpc) is 2.88. The minimum absolute atomic E-state index is 0. The van der Waals surface area contributed by atoms with Crippen molar-refractivity contribution in [3.05, 3.63) is 16.1 Å². The first kappa shape index (κ1) is 23.4. The first-order valence-corrected chi connectivity index (χ1v) is 9.77. The first-order chi connectivity index (χ1) is 10.6. The summed E-state index contributed by atoms with van der Waals surface area (Å²) in [6, 6.07) is 0. The molecule has 0 saturated heterocycles. The second-order valence-corrected chi connectivity index (χ2v) is 7.93. The van der Waals surface area contributed by atoms with Gasteiger partial charge in [-0.1, -0.05) is 0 Å². The van der Waals surface area contributed by atoms with E-state index < -0.39 is 21.7 Å². The van der Waals surface area contributed by atoms with Gasteiger partial charge in [-0.15, -0.1) is 35.3 Å². The smallest absolute Gasteiger partial charge is 0.357 e. The number of halogens is 4. The lowest BCUT2D eigenvalue weighted by molar-refractivity contribution is -0.140. The zero-order chi connectivity index (χ0) is 17.5. The fourth-order valence-electron chi connectivity index (χ4n) is 1.54. The standard InChI is InChI=1S/C12H19F3N4O2S2.HI/c1-3-16-11(17-5-4-6-23(2,20)21)18-7-10-19-9(8-22-10)12(13,14)15;/h8H,3-7H2,1-2H3,(H2,16,17,18);1H. The maximum Gasteiger partial charge on any atom is 0.434 e. The second-order valence-electron chi connectivity index (χ2n) is 4.73. The predicted molar refractivity (Wildman–Crippen MR) is 99.7 cm³/mol. The Morgan fingerprint density at radius 3 is 2.54 bits per heavy atom. The maximum absolute atomic E-state index is 12.5. The van der Waals surface area contributed by atoms with Gasteiger partial charge in [0.2, 0.25) is 0 Å². The molecule has 24 heavy (non-hydrogen) atoms. The number of hydrogen-bond acceptors (Lipinski definition) is 5. The molecule has 0 aromatic carbocycles. The van der Waals surface area contributed by atoms with Crippen molar-refractivity contribution in [2.45, 2.75) is 26.1 Å². The van der Waals surface area contributed by atoms with E-state index in [1.54, 1.807) is 0 Å². The van der Waals surface area contributed by atoms with Gasteiger partial charge >= 0.3 is 6.18 Å². The third-order valence-electron chi connectivity index (χ3n) is 2.54. The van der Waals surface area contributed by atoms with Gasteiger partial charge in [-0.2, -0.15) is 13.2 Å². The molecule has 0 spiro atoms. The molecule has 6 nitrogen and oxygen atoms in total. The van der Waals surface area contributed by atoms with Crippen LogP contribution >= 0.6 is 35.3 Å². The fourth-order valence-corrected chi connectivity index (χ4v) is 2.94. The Labute approximate surface area is 160 Å². The molecular weight excluding hydrogens is 480 g/mol. The molecule has 0 bridgehead atoms. The number of rotatable bonds is 7. The van der Waals surface area contributed by atoms with Crippen LogP contribution in [0.5, 0.6) is 0 Å². The topological polar surface area (TPSA) is 83.4 Å². The van der Waals surface area contributed by atoms with Crippen LogP contribution < -0.4 is 10.6 Å². The van der Waals surface area contributed by atoms with Crippen LogP contribution in [0.2, 0.25) is 0 Å². The number of nitrogens with zero attached hydrogens (tertiary/aromatic N) is 2. The monoisotopic (exact) mass is 500 g/mol. The van der Waals surface area contributed by atoms with Crippen LogP contribution in [0.3, 0.4) is 0 Å². The molecule has 0 aliphatic heterocycles. The SMILES string of the molecule is CCNC(=NCc1nc(C(F)(F)F)cs1)NCCCS(C)(=O)=O.I. The van der Waals surface area contributed by atoms with Crippen molar-refractivity contribution >= 4 is 51.1 Å². The van der Waals surface area contributed by atoms with Crippen LogP contribution in [0.4, 0.5) is 13.2 Å². The van der Waals surface area contributed by atoms with Crippen molar-refractivity contribution in [3.63, 3.8) is 0 Å². The van der Waals surface area contributed by atoms with E-state index in [2.05, 4.69) is 20.6 Å². The predicted octanol–water partition coefficient (Wildman–Crippen LogP) is 2.27. The second kappa shape index (κ2) is 10.4. The maximum atomic E-state index is 12.5. The van der Waals surface area contributed by atoms with Crippen molar-refractivity contribution in [3.8, 4) is 0 Å². The van der Waals surface area contributed by atoms with E-state index in [-0.39, 0.29) is 41.3 Å². The van der Waals surface area contributed by atoms with Gasteiger partial charge in [-0.25, -0.2) is 18.4 Å². The van der Waals surface area contributed by atoms with E-state index >= 15 is 0 Å². The minimum Gasteiger partial charge on any atom is -0.357 e.